The average molecular weight is 300 g/mol. The van der Waals surface area contributed by atoms with Crippen molar-refractivity contribution in [3.63, 3.8) is 0 Å². The Morgan fingerprint density at radius 2 is 2.05 bits per heavy atom. The molecule has 1 aliphatic heterocycles. The first kappa shape index (κ1) is 13.0. The van der Waals surface area contributed by atoms with Gasteiger partial charge in [-0.15, -0.1) is 11.3 Å². The summed E-state index contributed by atoms with van der Waals surface area (Å²) in [6.07, 6.45) is 1.83. The van der Waals surface area contributed by atoms with E-state index in [2.05, 4.69) is 5.32 Å². The fraction of sp³-hybridized carbons (Fsp3) is 0.0667. The number of thiophene rings is 1. The van der Waals surface area contributed by atoms with Gasteiger partial charge < -0.3 is 5.32 Å². The number of rotatable bonds is 2. The molecule has 100 valence electrons. The molecular weight excluding hydrogens is 288 g/mol. The minimum absolute atomic E-state index is 0.113. The summed E-state index contributed by atoms with van der Waals surface area (Å²) in [5.41, 5.74) is 2.35. The topological polar surface area (TPSA) is 32.3 Å². The van der Waals surface area contributed by atoms with E-state index in [-0.39, 0.29) is 5.91 Å². The number of carbonyl (C=O) groups is 1. The lowest BCUT2D eigenvalue weighted by Gasteiger charge is -2.16. The largest absolute Gasteiger partial charge is 0.327 e. The minimum Gasteiger partial charge on any atom is -0.327 e. The van der Waals surface area contributed by atoms with Crippen molar-refractivity contribution in [3.8, 4) is 0 Å². The van der Waals surface area contributed by atoms with Crippen molar-refractivity contribution < 1.29 is 4.79 Å². The molecule has 1 fully saturated rings. The lowest BCUT2D eigenvalue weighted by atomic mass is 10.2. The number of para-hydroxylation sites is 1. The van der Waals surface area contributed by atoms with Crippen LogP contribution in [-0.2, 0) is 4.79 Å². The van der Waals surface area contributed by atoms with Gasteiger partial charge in [-0.1, -0.05) is 24.3 Å². The van der Waals surface area contributed by atoms with E-state index in [1.807, 2.05) is 54.8 Å². The summed E-state index contributed by atoms with van der Waals surface area (Å²) >= 11 is 6.87. The van der Waals surface area contributed by atoms with Gasteiger partial charge in [-0.25, -0.2) is 0 Å². The van der Waals surface area contributed by atoms with E-state index < -0.39 is 0 Å². The van der Waals surface area contributed by atoms with Gasteiger partial charge in [0.05, 0.1) is 5.69 Å². The quantitative estimate of drug-likeness (QED) is 0.682. The van der Waals surface area contributed by atoms with Crippen molar-refractivity contribution >= 4 is 46.3 Å². The maximum Gasteiger partial charge on any atom is 0.281 e. The Morgan fingerprint density at radius 1 is 1.25 bits per heavy atom. The number of hydrogen-bond donors (Lipinski definition) is 1. The molecule has 1 aromatic carbocycles. The fourth-order valence-electron chi connectivity index (χ4n) is 2.08. The van der Waals surface area contributed by atoms with Crippen molar-refractivity contribution in [2.75, 3.05) is 4.90 Å². The molecule has 0 bridgehead atoms. The van der Waals surface area contributed by atoms with Gasteiger partial charge in [-0.3, -0.25) is 9.69 Å². The third-order valence-corrected chi connectivity index (χ3v) is 4.17. The van der Waals surface area contributed by atoms with Crippen LogP contribution in [0.3, 0.4) is 0 Å². The van der Waals surface area contributed by atoms with Crippen LogP contribution in [0.5, 0.6) is 0 Å². The molecular formula is C15H12N2OS2. The molecule has 3 nitrogen and oxygen atoms in total. The highest BCUT2D eigenvalue weighted by Crippen LogP contribution is 2.26. The highest BCUT2D eigenvalue weighted by Gasteiger charge is 2.32. The number of aryl methyl sites for hydroxylation is 1. The fourth-order valence-corrected chi connectivity index (χ4v) is 3.03. The van der Waals surface area contributed by atoms with Crippen LogP contribution in [0.4, 0.5) is 5.69 Å². The van der Waals surface area contributed by atoms with Crippen LogP contribution < -0.4 is 10.2 Å². The standard InChI is InChI=1S/C15H12N2OS2/c1-10-5-2-3-7-13(10)17-14(18)12(16-15(17)19)9-11-6-4-8-20-11/h2-9H,1H3,(H,16,19)/b12-9-. The smallest absolute Gasteiger partial charge is 0.281 e. The molecule has 0 unspecified atom stereocenters. The van der Waals surface area contributed by atoms with Gasteiger partial charge in [0.2, 0.25) is 0 Å². The molecule has 2 aromatic rings. The molecule has 0 radical (unpaired) electrons. The number of nitrogens with one attached hydrogen (secondary N) is 1. The molecule has 1 N–H and O–H groups in total. The summed E-state index contributed by atoms with van der Waals surface area (Å²) < 4.78 is 0. The number of thiocarbonyl (C=S) groups is 1. The number of carbonyl (C=O) groups excluding carboxylic acids is 1. The van der Waals surface area contributed by atoms with Gasteiger partial charge in [0.15, 0.2) is 5.11 Å². The highest BCUT2D eigenvalue weighted by molar-refractivity contribution is 7.80. The third-order valence-electron chi connectivity index (χ3n) is 3.06. The van der Waals surface area contributed by atoms with Crippen LogP contribution in [0, 0.1) is 6.92 Å². The van der Waals surface area contributed by atoms with E-state index in [0.717, 1.165) is 16.1 Å². The van der Waals surface area contributed by atoms with Gasteiger partial charge in [0.1, 0.15) is 5.70 Å². The van der Waals surface area contributed by atoms with Crippen LogP contribution in [-0.4, -0.2) is 11.0 Å². The number of anilines is 1. The van der Waals surface area contributed by atoms with Crippen LogP contribution in [0.2, 0.25) is 0 Å². The SMILES string of the molecule is Cc1ccccc1N1C(=O)/C(=C/c2cccs2)NC1=S. The summed E-state index contributed by atoms with van der Waals surface area (Å²) in [5, 5.41) is 5.39. The van der Waals surface area contributed by atoms with Crippen molar-refractivity contribution in [2.45, 2.75) is 6.92 Å². The molecule has 3 rings (SSSR count). The second-order valence-corrected chi connectivity index (χ2v) is 5.80. The van der Waals surface area contributed by atoms with E-state index in [1.165, 1.54) is 0 Å². The van der Waals surface area contributed by atoms with E-state index in [0.29, 0.717) is 10.8 Å². The van der Waals surface area contributed by atoms with Crippen LogP contribution in [0.15, 0.2) is 47.5 Å². The predicted octanol–water partition coefficient (Wildman–Crippen LogP) is 3.32. The third kappa shape index (κ3) is 2.26. The molecule has 0 atom stereocenters. The molecule has 1 amide bonds. The van der Waals surface area contributed by atoms with Crippen molar-refractivity contribution in [2.24, 2.45) is 0 Å². The minimum atomic E-state index is -0.113. The van der Waals surface area contributed by atoms with Gasteiger partial charge in [0.25, 0.3) is 5.91 Å². The molecule has 1 aliphatic rings. The first-order valence-electron chi connectivity index (χ1n) is 6.13. The monoisotopic (exact) mass is 300 g/mol. The molecule has 0 spiro atoms. The van der Waals surface area contributed by atoms with E-state index >= 15 is 0 Å². The average Bonchev–Trinajstić information content (AvgIpc) is 3.01. The zero-order valence-electron chi connectivity index (χ0n) is 10.8. The maximum absolute atomic E-state index is 12.5. The molecule has 1 saturated heterocycles. The highest BCUT2D eigenvalue weighted by atomic mass is 32.1. The molecule has 0 saturated carbocycles. The van der Waals surface area contributed by atoms with Crippen LogP contribution in [0.1, 0.15) is 10.4 Å². The summed E-state index contributed by atoms with van der Waals surface area (Å²) in [4.78, 5) is 15.1. The Bertz CT molecular complexity index is 704. The Labute approximate surface area is 126 Å². The normalized spacial score (nSPS) is 16.9. The predicted molar refractivity (Wildman–Crippen MR) is 86.7 cm³/mol. The van der Waals surface area contributed by atoms with E-state index in [9.17, 15) is 4.79 Å². The van der Waals surface area contributed by atoms with Gasteiger partial charge in [-0.2, -0.15) is 0 Å². The molecule has 2 heterocycles. The summed E-state index contributed by atoms with van der Waals surface area (Å²) in [6, 6.07) is 11.6. The summed E-state index contributed by atoms with van der Waals surface area (Å²) in [5.74, 6) is -0.113. The van der Waals surface area contributed by atoms with Gasteiger partial charge in [0, 0.05) is 4.88 Å². The molecule has 1 aromatic heterocycles. The van der Waals surface area contributed by atoms with Gasteiger partial charge >= 0.3 is 0 Å². The van der Waals surface area contributed by atoms with Crippen LogP contribution in [0.25, 0.3) is 6.08 Å². The van der Waals surface area contributed by atoms with Gasteiger partial charge in [-0.05, 0) is 48.3 Å². The first-order valence-corrected chi connectivity index (χ1v) is 7.42. The number of benzene rings is 1. The molecule has 5 heteroatoms. The Balaban J connectivity index is 1.98. The zero-order valence-corrected chi connectivity index (χ0v) is 12.4. The number of nitrogens with zero attached hydrogens (tertiary/aromatic N) is 1. The van der Waals surface area contributed by atoms with E-state index in [4.69, 9.17) is 12.2 Å². The second-order valence-electron chi connectivity index (χ2n) is 4.43. The maximum atomic E-state index is 12.5. The molecule has 0 aliphatic carbocycles. The Morgan fingerprint density at radius 3 is 2.75 bits per heavy atom. The lowest BCUT2D eigenvalue weighted by Crippen LogP contribution is -2.30. The van der Waals surface area contributed by atoms with Crippen molar-refractivity contribution in [3.05, 3.63) is 57.9 Å². The number of hydrogen-bond acceptors (Lipinski definition) is 3. The van der Waals surface area contributed by atoms with Crippen molar-refractivity contribution in [1.82, 2.24) is 5.32 Å². The Kier molecular flexibility index (Phi) is 3.38. The summed E-state index contributed by atoms with van der Waals surface area (Å²) in [6.45, 7) is 1.96. The number of amides is 1. The van der Waals surface area contributed by atoms with E-state index in [1.54, 1.807) is 16.2 Å². The summed E-state index contributed by atoms with van der Waals surface area (Å²) in [7, 11) is 0. The Hall–Kier alpha value is -1.98. The van der Waals surface area contributed by atoms with Crippen LogP contribution >= 0.6 is 23.6 Å². The van der Waals surface area contributed by atoms with Crippen molar-refractivity contribution in [1.29, 1.82) is 0 Å². The molecule has 20 heavy (non-hydrogen) atoms. The lowest BCUT2D eigenvalue weighted by molar-refractivity contribution is -0.113. The zero-order chi connectivity index (χ0) is 14.1. The first-order chi connectivity index (χ1) is 9.66. The second kappa shape index (κ2) is 5.19.